The van der Waals surface area contributed by atoms with Crippen LogP contribution in [-0.4, -0.2) is 36.6 Å². The van der Waals surface area contributed by atoms with Crippen LogP contribution in [-0.2, 0) is 4.79 Å². The van der Waals surface area contributed by atoms with Crippen LogP contribution < -0.4 is 15.5 Å². The predicted octanol–water partition coefficient (Wildman–Crippen LogP) is 1.68. The molecular weight excluding hydrogens is 268 g/mol. The van der Waals surface area contributed by atoms with Gasteiger partial charge in [-0.05, 0) is 25.0 Å². The Balaban J connectivity index is 1.68. The number of hydrogen-bond donors (Lipinski definition) is 2. The highest BCUT2D eigenvalue weighted by Crippen LogP contribution is 2.17. The van der Waals surface area contributed by atoms with Crippen molar-refractivity contribution in [1.29, 1.82) is 0 Å². The molecule has 0 saturated heterocycles. The highest BCUT2D eigenvalue weighted by molar-refractivity contribution is 5.90. The van der Waals surface area contributed by atoms with Gasteiger partial charge in [0.2, 0.25) is 5.91 Å². The minimum absolute atomic E-state index is 0.00249. The van der Waals surface area contributed by atoms with E-state index in [1.807, 2.05) is 6.07 Å². The lowest BCUT2D eigenvalue weighted by Crippen LogP contribution is -2.40. The minimum atomic E-state index is -0.262. The molecule has 1 aromatic heterocycles. The van der Waals surface area contributed by atoms with Crippen molar-refractivity contribution in [2.75, 3.05) is 18.5 Å². The Morgan fingerprint density at radius 2 is 2.10 bits per heavy atom. The Morgan fingerprint density at radius 3 is 2.76 bits per heavy atom. The molecule has 21 heavy (non-hydrogen) atoms. The topological polar surface area (TPSA) is 74.3 Å². The van der Waals surface area contributed by atoms with Gasteiger partial charge in [-0.2, -0.15) is 0 Å². The third-order valence-corrected chi connectivity index (χ3v) is 3.65. The minimum Gasteiger partial charge on any atom is -0.353 e. The summed E-state index contributed by atoms with van der Waals surface area (Å²) in [6, 6.07) is 5.43. The van der Waals surface area contributed by atoms with Crippen molar-refractivity contribution in [1.82, 2.24) is 15.6 Å². The molecule has 2 N–H and O–H groups in total. The van der Waals surface area contributed by atoms with Crippen molar-refractivity contribution >= 4 is 17.8 Å². The molecule has 1 fully saturated rings. The van der Waals surface area contributed by atoms with E-state index in [1.165, 1.54) is 17.7 Å². The number of carbonyl (C=O) groups excluding carboxylic acids is 2. The standard InChI is InChI=1S/C15H22N4O2/c1-19(13-8-4-5-10-16-13)15(21)17-11-9-14(20)18-12-6-2-3-7-12/h4-5,8,10,12H,2-3,6-7,9,11H2,1H3,(H,17,21)(H,18,20). The molecule has 0 bridgehead atoms. The summed E-state index contributed by atoms with van der Waals surface area (Å²) in [5.41, 5.74) is 0. The molecule has 1 aliphatic rings. The lowest BCUT2D eigenvalue weighted by atomic mass is 10.2. The molecular formula is C15H22N4O2. The molecule has 0 spiro atoms. The van der Waals surface area contributed by atoms with Crippen molar-refractivity contribution in [2.24, 2.45) is 0 Å². The van der Waals surface area contributed by atoms with Crippen molar-refractivity contribution in [3.05, 3.63) is 24.4 Å². The number of carbonyl (C=O) groups is 2. The molecule has 3 amide bonds. The zero-order chi connectivity index (χ0) is 15.1. The fourth-order valence-electron chi connectivity index (χ4n) is 2.43. The van der Waals surface area contributed by atoms with Gasteiger partial charge in [0.25, 0.3) is 0 Å². The van der Waals surface area contributed by atoms with Crippen LogP contribution in [0.4, 0.5) is 10.6 Å². The van der Waals surface area contributed by atoms with Crippen molar-refractivity contribution in [3.8, 4) is 0 Å². The second-order valence-corrected chi connectivity index (χ2v) is 5.28. The zero-order valence-electron chi connectivity index (χ0n) is 12.3. The van der Waals surface area contributed by atoms with E-state index in [0.717, 1.165) is 12.8 Å². The third kappa shape index (κ3) is 4.73. The summed E-state index contributed by atoms with van der Waals surface area (Å²) in [5, 5.41) is 5.72. The molecule has 1 aromatic rings. The maximum atomic E-state index is 11.9. The van der Waals surface area contributed by atoms with Gasteiger partial charge in [-0.1, -0.05) is 18.9 Å². The fourth-order valence-corrected chi connectivity index (χ4v) is 2.43. The van der Waals surface area contributed by atoms with Crippen LogP contribution in [0.25, 0.3) is 0 Å². The lowest BCUT2D eigenvalue weighted by molar-refractivity contribution is -0.121. The molecule has 6 heteroatoms. The fraction of sp³-hybridized carbons (Fsp3) is 0.533. The highest BCUT2D eigenvalue weighted by Gasteiger charge is 2.17. The van der Waals surface area contributed by atoms with Gasteiger partial charge in [0.15, 0.2) is 0 Å². The number of rotatable bonds is 5. The first kappa shape index (κ1) is 15.3. The first-order valence-corrected chi connectivity index (χ1v) is 7.39. The van der Waals surface area contributed by atoms with Gasteiger partial charge in [0.05, 0.1) is 0 Å². The smallest absolute Gasteiger partial charge is 0.322 e. The Morgan fingerprint density at radius 1 is 1.33 bits per heavy atom. The molecule has 1 heterocycles. The van der Waals surface area contributed by atoms with Gasteiger partial charge in [-0.25, -0.2) is 9.78 Å². The number of urea groups is 1. The molecule has 114 valence electrons. The first-order chi connectivity index (χ1) is 10.2. The quantitative estimate of drug-likeness (QED) is 0.866. The molecule has 0 atom stereocenters. The summed E-state index contributed by atoms with van der Waals surface area (Å²) in [5.74, 6) is 0.577. The average Bonchev–Trinajstić information content (AvgIpc) is 3.00. The molecule has 2 rings (SSSR count). The lowest BCUT2D eigenvalue weighted by Gasteiger charge is -2.17. The van der Waals surface area contributed by atoms with Crippen LogP contribution in [0.15, 0.2) is 24.4 Å². The number of nitrogens with one attached hydrogen (secondary N) is 2. The Bertz CT molecular complexity index is 472. The van der Waals surface area contributed by atoms with E-state index in [9.17, 15) is 9.59 Å². The number of anilines is 1. The molecule has 0 unspecified atom stereocenters. The zero-order valence-corrected chi connectivity index (χ0v) is 12.3. The summed E-state index contributed by atoms with van der Waals surface area (Å²) in [6.45, 7) is 0.328. The summed E-state index contributed by atoms with van der Waals surface area (Å²) in [7, 11) is 1.65. The highest BCUT2D eigenvalue weighted by atomic mass is 16.2. The van der Waals surface area contributed by atoms with Gasteiger partial charge < -0.3 is 10.6 Å². The van der Waals surface area contributed by atoms with E-state index < -0.39 is 0 Å². The van der Waals surface area contributed by atoms with E-state index >= 15 is 0 Å². The first-order valence-electron chi connectivity index (χ1n) is 7.39. The number of nitrogens with zero attached hydrogens (tertiary/aromatic N) is 2. The summed E-state index contributed by atoms with van der Waals surface area (Å²) >= 11 is 0. The Hall–Kier alpha value is -2.11. The third-order valence-electron chi connectivity index (χ3n) is 3.65. The number of aromatic nitrogens is 1. The van der Waals surface area contributed by atoms with E-state index in [4.69, 9.17) is 0 Å². The van der Waals surface area contributed by atoms with E-state index in [-0.39, 0.29) is 11.9 Å². The summed E-state index contributed by atoms with van der Waals surface area (Å²) < 4.78 is 0. The maximum Gasteiger partial charge on any atom is 0.322 e. The van der Waals surface area contributed by atoms with Gasteiger partial charge in [-0.15, -0.1) is 0 Å². The molecule has 0 radical (unpaired) electrons. The number of amides is 3. The molecule has 0 aliphatic heterocycles. The van der Waals surface area contributed by atoms with E-state index in [2.05, 4.69) is 15.6 Å². The normalized spacial score (nSPS) is 14.7. The van der Waals surface area contributed by atoms with Crippen molar-refractivity contribution in [2.45, 2.75) is 38.1 Å². The summed E-state index contributed by atoms with van der Waals surface area (Å²) in [6.07, 6.45) is 6.46. The monoisotopic (exact) mass is 290 g/mol. The van der Waals surface area contributed by atoms with Crippen LogP contribution in [0.1, 0.15) is 32.1 Å². The molecule has 1 aliphatic carbocycles. The van der Waals surface area contributed by atoms with Gasteiger partial charge in [0, 0.05) is 32.3 Å². The van der Waals surface area contributed by atoms with Gasteiger partial charge in [-0.3, -0.25) is 9.69 Å². The van der Waals surface area contributed by atoms with E-state index in [1.54, 1.807) is 25.4 Å². The van der Waals surface area contributed by atoms with E-state index in [0.29, 0.717) is 24.8 Å². The average molecular weight is 290 g/mol. The maximum absolute atomic E-state index is 11.9. The predicted molar refractivity (Wildman–Crippen MR) is 81.1 cm³/mol. The summed E-state index contributed by atoms with van der Waals surface area (Å²) in [4.78, 5) is 29.2. The van der Waals surface area contributed by atoms with Crippen molar-refractivity contribution in [3.63, 3.8) is 0 Å². The van der Waals surface area contributed by atoms with Crippen LogP contribution >= 0.6 is 0 Å². The number of hydrogen-bond acceptors (Lipinski definition) is 3. The van der Waals surface area contributed by atoms with Crippen LogP contribution in [0.2, 0.25) is 0 Å². The Kier molecular flexibility index (Phi) is 5.54. The number of pyridine rings is 1. The van der Waals surface area contributed by atoms with Crippen LogP contribution in [0.5, 0.6) is 0 Å². The van der Waals surface area contributed by atoms with Crippen LogP contribution in [0, 0.1) is 0 Å². The van der Waals surface area contributed by atoms with Crippen LogP contribution in [0.3, 0.4) is 0 Å². The molecule has 1 saturated carbocycles. The second kappa shape index (κ2) is 7.61. The van der Waals surface area contributed by atoms with Gasteiger partial charge >= 0.3 is 6.03 Å². The van der Waals surface area contributed by atoms with Gasteiger partial charge in [0.1, 0.15) is 5.82 Å². The molecule has 0 aromatic carbocycles. The second-order valence-electron chi connectivity index (χ2n) is 5.28. The largest absolute Gasteiger partial charge is 0.353 e. The SMILES string of the molecule is CN(C(=O)NCCC(=O)NC1CCCC1)c1ccccn1. The molecule has 6 nitrogen and oxygen atoms in total. The van der Waals surface area contributed by atoms with Crippen molar-refractivity contribution < 1.29 is 9.59 Å². The Labute approximate surface area is 124 Å².